The number of thioether (sulfide) groups is 1. The molecule has 0 saturated heterocycles. The first-order chi connectivity index (χ1) is 8.27. The zero-order chi connectivity index (χ0) is 12.1. The minimum Gasteiger partial charge on any atom is -0.478 e. The van der Waals surface area contributed by atoms with Crippen molar-refractivity contribution in [2.45, 2.75) is 11.4 Å². The van der Waals surface area contributed by atoms with E-state index in [1.165, 1.54) is 16.6 Å². The lowest BCUT2D eigenvalue weighted by Gasteiger charge is -2.03. The number of hydrogen-bond acceptors (Lipinski definition) is 4. The second-order valence-corrected chi connectivity index (χ2v) is 5.45. The lowest BCUT2D eigenvalue weighted by molar-refractivity contribution is 0.0692. The molecule has 0 aliphatic heterocycles. The van der Waals surface area contributed by atoms with Gasteiger partial charge in [0.1, 0.15) is 5.03 Å². The molecule has 17 heavy (non-hydrogen) atoms. The van der Waals surface area contributed by atoms with Crippen molar-refractivity contribution in [3.8, 4) is 0 Å². The van der Waals surface area contributed by atoms with E-state index in [0.29, 0.717) is 5.03 Å². The number of aryl methyl sites for hydroxylation is 1. The van der Waals surface area contributed by atoms with Crippen molar-refractivity contribution in [1.82, 2.24) is 4.98 Å². The largest absolute Gasteiger partial charge is 0.478 e. The van der Waals surface area contributed by atoms with Crippen molar-refractivity contribution in [2.24, 2.45) is 0 Å². The van der Waals surface area contributed by atoms with Crippen molar-refractivity contribution in [3.05, 3.63) is 46.3 Å². The number of rotatable bonds is 5. The van der Waals surface area contributed by atoms with Gasteiger partial charge >= 0.3 is 5.97 Å². The molecule has 0 atom stereocenters. The highest BCUT2D eigenvalue weighted by Crippen LogP contribution is 2.22. The molecule has 0 radical (unpaired) electrons. The minimum atomic E-state index is -0.920. The lowest BCUT2D eigenvalue weighted by Crippen LogP contribution is -2.00. The third-order valence-corrected chi connectivity index (χ3v) is 4.11. The van der Waals surface area contributed by atoms with E-state index in [0.717, 1.165) is 12.2 Å². The fraction of sp³-hybridized carbons (Fsp3) is 0.167. The molecule has 2 rings (SSSR count). The first-order valence-corrected chi connectivity index (χ1v) is 6.97. The SMILES string of the molecule is O=C(O)c1cccnc1SCCc1cccs1. The van der Waals surface area contributed by atoms with Gasteiger partial charge in [-0.25, -0.2) is 9.78 Å². The quantitative estimate of drug-likeness (QED) is 0.844. The Morgan fingerprint density at radius 2 is 2.29 bits per heavy atom. The molecule has 0 aliphatic carbocycles. The average Bonchev–Trinajstić information content (AvgIpc) is 2.82. The highest BCUT2D eigenvalue weighted by Gasteiger charge is 2.10. The van der Waals surface area contributed by atoms with E-state index in [9.17, 15) is 4.79 Å². The highest BCUT2D eigenvalue weighted by atomic mass is 32.2. The Kier molecular flexibility index (Phi) is 4.17. The first-order valence-electron chi connectivity index (χ1n) is 5.11. The number of carbonyl (C=O) groups is 1. The highest BCUT2D eigenvalue weighted by molar-refractivity contribution is 7.99. The Bertz CT molecular complexity index is 497. The van der Waals surface area contributed by atoms with Crippen LogP contribution in [-0.4, -0.2) is 21.8 Å². The van der Waals surface area contributed by atoms with E-state index in [1.54, 1.807) is 29.7 Å². The van der Waals surface area contributed by atoms with Crippen molar-refractivity contribution >= 4 is 29.1 Å². The van der Waals surface area contributed by atoms with E-state index >= 15 is 0 Å². The molecule has 0 unspecified atom stereocenters. The molecule has 0 aliphatic rings. The maximum absolute atomic E-state index is 11.0. The standard InChI is InChI=1S/C12H11NO2S2/c14-12(15)10-4-1-6-13-11(10)17-8-5-9-3-2-7-16-9/h1-4,6-7H,5,8H2,(H,14,15). The van der Waals surface area contributed by atoms with E-state index in [1.807, 2.05) is 11.4 Å². The van der Waals surface area contributed by atoms with Gasteiger partial charge in [-0.05, 0) is 30.0 Å². The summed E-state index contributed by atoms with van der Waals surface area (Å²) in [6, 6.07) is 7.34. The predicted octanol–water partition coefficient (Wildman–Crippen LogP) is 3.18. The number of aromatic carboxylic acids is 1. The second kappa shape index (κ2) is 5.84. The van der Waals surface area contributed by atoms with Crippen molar-refractivity contribution in [2.75, 3.05) is 5.75 Å². The zero-order valence-electron chi connectivity index (χ0n) is 9.00. The second-order valence-electron chi connectivity index (χ2n) is 3.34. The van der Waals surface area contributed by atoms with Crippen LogP contribution in [0.1, 0.15) is 15.2 Å². The number of carboxylic acids is 1. The van der Waals surface area contributed by atoms with Crippen LogP contribution >= 0.6 is 23.1 Å². The average molecular weight is 265 g/mol. The monoisotopic (exact) mass is 265 g/mol. The summed E-state index contributed by atoms with van der Waals surface area (Å²) in [6.45, 7) is 0. The van der Waals surface area contributed by atoms with Crippen LogP contribution in [0.15, 0.2) is 40.9 Å². The smallest absolute Gasteiger partial charge is 0.338 e. The zero-order valence-corrected chi connectivity index (χ0v) is 10.6. The summed E-state index contributed by atoms with van der Waals surface area (Å²) >= 11 is 3.21. The van der Waals surface area contributed by atoms with Crippen LogP contribution in [0.2, 0.25) is 0 Å². The van der Waals surface area contributed by atoms with Gasteiger partial charge in [0.05, 0.1) is 5.56 Å². The first kappa shape index (κ1) is 12.1. The van der Waals surface area contributed by atoms with E-state index < -0.39 is 5.97 Å². The molecule has 0 amide bonds. The molecule has 1 N–H and O–H groups in total. The fourth-order valence-electron chi connectivity index (χ4n) is 1.37. The molecule has 2 aromatic rings. The number of thiophene rings is 1. The molecule has 2 aromatic heterocycles. The van der Waals surface area contributed by atoms with Gasteiger partial charge in [0.25, 0.3) is 0 Å². The van der Waals surface area contributed by atoms with Gasteiger partial charge in [-0.2, -0.15) is 0 Å². The van der Waals surface area contributed by atoms with Gasteiger partial charge in [-0.15, -0.1) is 23.1 Å². The molecule has 3 nitrogen and oxygen atoms in total. The Hall–Kier alpha value is -1.33. The summed E-state index contributed by atoms with van der Waals surface area (Å²) in [5.41, 5.74) is 0.281. The normalized spacial score (nSPS) is 10.4. The van der Waals surface area contributed by atoms with Crippen LogP contribution in [0.4, 0.5) is 0 Å². The molecule has 0 aromatic carbocycles. The van der Waals surface area contributed by atoms with Crippen LogP contribution in [-0.2, 0) is 6.42 Å². The number of nitrogens with zero attached hydrogens (tertiary/aromatic N) is 1. The predicted molar refractivity (Wildman–Crippen MR) is 69.9 cm³/mol. The molecule has 88 valence electrons. The summed E-state index contributed by atoms with van der Waals surface area (Å²) < 4.78 is 0. The van der Waals surface area contributed by atoms with Crippen LogP contribution in [0, 0.1) is 0 Å². The van der Waals surface area contributed by atoms with E-state index in [4.69, 9.17) is 5.11 Å². The molecule has 2 heterocycles. The number of hydrogen-bond donors (Lipinski definition) is 1. The molecular weight excluding hydrogens is 254 g/mol. The minimum absolute atomic E-state index is 0.281. The summed E-state index contributed by atoms with van der Waals surface area (Å²) in [4.78, 5) is 16.4. The molecule has 0 bridgehead atoms. The number of aromatic nitrogens is 1. The maximum atomic E-state index is 11.0. The van der Waals surface area contributed by atoms with Gasteiger partial charge in [-0.3, -0.25) is 0 Å². The molecule has 0 saturated carbocycles. The van der Waals surface area contributed by atoms with Crippen LogP contribution in [0.5, 0.6) is 0 Å². The van der Waals surface area contributed by atoms with Crippen LogP contribution in [0.3, 0.4) is 0 Å². The Morgan fingerprint density at radius 1 is 1.41 bits per heavy atom. The lowest BCUT2D eigenvalue weighted by atomic mass is 10.3. The van der Waals surface area contributed by atoms with E-state index in [-0.39, 0.29) is 5.56 Å². The summed E-state index contributed by atoms with van der Waals surface area (Å²) in [5, 5.41) is 11.6. The topological polar surface area (TPSA) is 50.2 Å². The molecule has 0 spiro atoms. The van der Waals surface area contributed by atoms with Gasteiger partial charge < -0.3 is 5.11 Å². The van der Waals surface area contributed by atoms with Gasteiger partial charge in [-0.1, -0.05) is 6.07 Å². The van der Waals surface area contributed by atoms with Crippen molar-refractivity contribution < 1.29 is 9.90 Å². The van der Waals surface area contributed by atoms with Crippen LogP contribution < -0.4 is 0 Å². The van der Waals surface area contributed by atoms with Gasteiger partial charge in [0.15, 0.2) is 0 Å². The Labute approximate surface area is 108 Å². The number of carboxylic acid groups (broad SMARTS) is 1. The molecular formula is C12H11NO2S2. The third kappa shape index (κ3) is 3.31. The maximum Gasteiger partial charge on any atom is 0.338 e. The summed E-state index contributed by atoms with van der Waals surface area (Å²) in [5.74, 6) is -0.0747. The summed E-state index contributed by atoms with van der Waals surface area (Å²) in [7, 11) is 0. The molecule has 5 heteroatoms. The number of pyridine rings is 1. The van der Waals surface area contributed by atoms with Crippen molar-refractivity contribution in [1.29, 1.82) is 0 Å². The summed E-state index contributed by atoms with van der Waals surface area (Å²) in [6.07, 6.45) is 2.57. The van der Waals surface area contributed by atoms with Gasteiger partial charge in [0, 0.05) is 16.8 Å². The van der Waals surface area contributed by atoms with E-state index in [2.05, 4.69) is 11.1 Å². The third-order valence-electron chi connectivity index (χ3n) is 2.17. The Balaban J connectivity index is 1.97. The van der Waals surface area contributed by atoms with Crippen LogP contribution in [0.25, 0.3) is 0 Å². The molecule has 0 fully saturated rings. The fourth-order valence-corrected chi connectivity index (χ4v) is 3.17. The van der Waals surface area contributed by atoms with Gasteiger partial charge in [0.2, 0.25) is 0 Å². The van der Waals surface area contributed by atoms with Crippen molar-refractivity contribution in [3.63, 3.8) is 0 Å². The Morgan fingerprint density at radius 3 is 3.00 bits per heavy atom.